The van der Waals surface area contributed by atoms with E-state index in [1.807, 2.05) is 42.5 Å². The number of methoxy groups -OCH3 is 1. The summed E-state index contributed by atoms with van der Waals surface area (Å²) in [5.41, 5.74) is 2.18. The van der Waals surface area contributed by atoms with Crippen molar-refractivity contribution in [1.29, 1.82) is 0 Å². The number of benzene rings is 2. The van der Waals surface area contributed by atoms with E-state index in [2.05, 4.69) is 11.0 Å². The Labute approximate surface area is 161 Å². The zero-order valence-electron chi connectivity index (χ0n) is 15.9. The molecule has 2 aromatic carbocycles. The van der Waals surface area contributed by atoms with Crippen LogP contribution in [-0.2, 0) is 13.2 Å². The SMILES string of the molecule is COc1cccc(COc2ccccc2CN2C[C@H](CO)C[C@H](CO)C2)c1. The van der Waals surface area contributed by atoms with E-state index in [9.17, 15) is 10.2 Å². The lowest BCUT2D eigenvalue weighted by Crippen LogP contribution is -2.42. The molecule has 1 heterocycles. The molecule has 0 aromatic heterocycles. The lowest BCUT2D eigenvalue weighted by atomic mass is 9.90. The quantitative estimate of drug-likeness (QED) is 0.747. The van der Waals surface area contributed by atoms with Gasteiger partial charge in [-0.3, -0.25) is 4.90 Å². The second-order valence-corrected chi connectivity index (χ2v) is 7.27. The highest BCUT2D eigenvalue weighted by Gasteiger charge is 2.26. The molecule has 2 N–H and O–H groups in total. The van der Waals surface area contributed by atoms with E-state index in [4.69, 9.17) is 9.47 Å². The second kappa shape index (κ2) is 9.74. The number of para-hydroxylation sites is 1. The van der Waals surface area contributed by atoms with E-state index in [1.165, 1.54) is 0 Å². The summed E-state index contributed by atoms with van der Waals surface area (Å²) in [5, 5.41) is 19.1. The first-order valence-corrected chi connectivity index (χ1v) is 9.49. The van der Waals surface area contributed by atoms with Crippen LogP contribution >= 0.6 is 0 Å². The third-order valence-corrected chi connectivity index (χ3v) is 5.11. The van der Waals surface area contributed by atoms with Gasteiger partial charge in [0.05, 0.1) is 7.11 Å². The van der Waals surface area contributed by atoms with Gasteiger partial charge < -0.3 is 19.7 Å². The van der Waals surface area contributed by atoms with Gasteiger partial charge in [-0.15, -0.1) is 0 Å². The molecule has 2 atom stereocenters. The Balaban J connectivity index is 1.66. The Kier molecular flexibility index (Phi) is 7.10. The van der Waals surface area contributed by atoms with Crippen molar-refractivity contribution in [3.05, 3.63) is 59.7 Å². The third-order valence-electron chi connectivity index (χ3n) is 5.11. The fourth-order valence-corrected chi connectivity index (χ4v) is 3.76. The molecule has 27 heavy (non-hydrogen) atoms. The molecule has 1 fully saturated rings. The molecular weight excluding hydrogens is 342 g/mol. The van der Waals surface area contributed by atoms with Crippen LogP contribution in [-0.4, -0.2) is 48.5 Å². The van der Waals surface area contributed by atoms with Gasteiger partial charge in [0.25, 0.3) is 0 Å². The molecule has 1 aliphatic rings. The van der Waals surface area contributed by atoms with Crippen LogP contribution < -0.4 is 9.47 Å². The van der Waals surface area contributed by atoms with E-state index in [0.29, 0.717) is 6.61 Å². The van der Waals surface area contributed by atoms with Crippen molar-refractivity contribution in [3.63, 3.8) is 0 Å². The standard InChI is InChI=1S/C22H29NO4/c1-26-21-7-4-5-17(10-21)16-27-22-8-3-2-6-20(22)13-23-11-18(14-24)9-19(12-23)15-25/h2-8,10,18-19,24-25H,9,11-16H2,1H3/t18-,19+. The zero-order chi connectivity index (χ0) is 19.1. The van der Waals surface area contributed by atoms with Crippen molar-refractivity contribution in [2.45, 2.75) is 19.6 Å². The van der Waals surface area contributed by atoms with E-state index in [-0.39, 0.29) is 25.0 Å². The summed E-state index contributed by atoms with van der Waals surface area (Å²) in [5.74, 6) is 2.14. The maximum Gasteiger partial charge on any atom is 0.124 e. The maximum atomic E-state index is 9.55. The molecule has 0 bridgehead atoms. The van der Waals surface area contributed by atoms with E-state index in [1.54, 1.807) is 7.11 Å². The Morgan fingerprint density at radius 1 is 1.00 bits per heavy atom. The molecule has 0 amide bonds. The Morgan fingerprint density at radius 3 is 2.44 bits per heavy atom. The average Bonchev–Trinajstić information content (AvgIpc) is 2.73. The minimum absolute atomic E-state index is 0.168. The van der Waals surface area contributed by atoms with Crippen molar-refractivity contribution < 1.29 is 19.7 Å². The summed E-state index contributed by atoms with van der Waals surface area (Å²) in [6.07, 6.45) is 0.886. The first-order valence-electron chi connectivity index (χ1n) is 9.49. The van der Waals surface area contributed by atoms with Crippen LogP contribution in [0.2, 0.25) is 0 Å². The van der Waals surface area contributed by atoms with Gasteiger partial charge in [0.15, 0.2) is 0 Å². The number of ether oxygens (including phenoxy) is 2. The summed E-state index contributed by atoms with van der Waals surface area (Å²) in [6.45, 7) is 3.25. The number of hydrogen-bond acceptors (Lipinski definition) is 5. The van der Waals surface area contributed by atoms with E-state index < -0.39 is 0 Å². The first kappa shape index (κ1) is 19.7. The zero-order valence-corrected chi connectivity index (χ0v) is 15.9. The van der Waals surface area contributed by atoms with Crippen LogP contribution in [0.1, 0.15) is 17.5 Å². The van der Waals surface area contributed by atoms with Gasteiger partial charge in [-0.1, -0.05) is 30.3 Å². The number of hydrogen-bond donors (Lipinski definition) is 2. The van der Waals surface area contributed by atoms with E-state index in [0.717, 1.165) is 48.7 Å². The minimum Gasteiger partial charge on any atom is -0.497 e. The smallest absolute Gasteiger partial charge is 0.124 e. The summed E-state index contributed by atoms with van der Waals surface area (Å²) in [6, 6.07) is 15.9. The molecule has 0 aliphatic carbocycles. The number of rotatable bonds is 8. The fourth-order valence-electron chi connectivity index (χ4n) is 3.76. The van der Waals surface area contributed by atoms with Crippen LogP contribution in [0.4, 0.5) is 0 Å². The summed E-state index contributed by atoms with van der Waals surface area (Å²) < 4.78 is 11.4. The Hall–Kier alpha value is -2.08. The first-order chi connectivity index (χ1) is 13.2. The molecule has 5 nitrogen and oxygen atoms in total. The minimum atomic E-state index is 0.168. The van der Waals surface area contributed by atoms with Crippen LogP contribution in [0, 0.1) is 11.8 Å². The van der Waals surface area contributed by atoms with Gasteiger partial charge in [0, 0.05) is 38.4 Å². The van der Waals surface area contributed by atoms with Crippen molar-refractivity contribution in [2.24, 2.45) is 11.8 Å². The van der Waals surface area contributed by atoms with Crippen LogP contribution in [0.15, 0.2) is 48.5 Å². The van der Waals surface area contributed by atoms with Crippen LogP contribution in [0.5, 0.6) is 11.5 Å². The van der Waals surface area contributed by atoms with Gasteiger partial charge in [0.2, 0.25) is 0 Å². The lowest BCUT2D eigenvalue weighted by molar-refractivity contribution is 0.0534. The number of aliphatic hydroxyl groups excluding tert-OH is 2. The van der Waals surface area contributed by atoms with Crippen LogP contribution in [0.25, 0.3) is 0 Å². The van der Waals surface area contributed by atoms with Crippen LogP contribution in [0.3, 0.4) is 0 Å². The van der Waals surface area contributed by atoms with Crippen molar-refractivity contribution >= 4 is 0 Å². The molecule has 0 radical (unpaired) electrons. The Morgan fingerprint density at radius 2 is 1.74 bits per heavy atom. The Bertz CT molecular complexity index is 709. The molecule has 5 heteroatoms. The average molecular weight is 371 g/mol. The van der Waals surface area contributed by atoms with Crippen molar-refractivity contribution in [2.75, 3.05) is 33.4 Å². The summed E-state index contributed by atoms with van der Waals surface area (Å²) in [4.78, 5) is 2.30. The van der Waals surface area contributed by atoms with Crippen molar-refractivity contribution in [3.8, 4) is 11.5 Å². The maximum absolute atomic E-state index is 9.55. The van der Waals surface area contributed by atoms with Gasteiger partial charge in [-0.05, 0) is 42.0 Å². The molecule has 2 aromatic rings. The number of likely N-dealkylation sites (tertiary alicyclic amines) is 1. The van der Waals surface area contributed by atoms with Gasteiger partial charge >= 0.3 is 0 Å². The number of piperidine rings is 1. The third kappa shape index (κ3) is 5.45. The van der Waals surface area contributed by atoms with E-state index >= 15 is 0 Å². The molecule has 0 unspecified atom stereocenters. The lowest BCUT2D eigenvalue weighted by Gasteiger charge is -2.36. The van der Waals surface area contributed by atoms with Gasteiger partial charge in [-0.2, -0.15) is 0 Å². The normalized spacial score (nSPS) is 20.4. The number of aliphatic hydroxyl groups is 2. The van der Waals surface area contributed by atoms with Gasteiger partial charge in [-0.25, -0.2) is 0 Å². The predicted molar refractivity (Wildman–Crippen MR) is 105 cm³/mol. The summed E-state index contributed by atoms with van der Waals surface area (Å²) >= 11 is 0. The topological polar surface area (TPSA) is 62.2 Å². The summed E-state index contributed by atoms with van der Waals surface area (Å²) in [7, 11) is 1.66. The molecule has 0 spiro atoms. The molecule has 1 saturated heterocycles. The predicted octanol–water partition coefficient (Wildman–Crippen LogP) is 2.70. The highest BCUT2D eigenvalue weighted by Crippen LogP contribution is 2.26. The van der Waals surface area contributed by atoms with Gasteiger partial charge in [0.1, 0.15) is 18.1 Å². The molecule has 0 saturated carbocycles. The second-order valence-electron chi connectivity index (χ2n) is 7.27. The monoisotopic (exact) mass is 371 g/mol. The fraction of sp³-hybridized carbons (Fsp3) is 0.455. The van der Waals surface area contributed by atoms with Crippen molar-refractivity contribution in [1.82, 2.24) is 4.90 Å². The largest absolute Gasteiger partial charge is 0.497 e. The molecular formula is C22H29NO4. The molecule has 1 aliphatic heterocycles. The molecule has 146 valence electrons. The highest BCUT2D eigenvalue weighted by molar-refractivity contribution is 5.34. The number of nitrogens with zero attached hydrogens (tertiary/aromatic N) is 1. The molecule has 3 rings (SSSR count). The highest BCUT2D eigenvalue weighted by atomic mass is 16.5.